The van der Waals surface area contributed by atoms with Gasteiger partial charge in [-0.3, -0.25) is 4.79 Å². The number of piperidine rings is 1. The van der Waals surface area contributed by atoms with Gasteiger partial charge >= 0.3 is 5.97 Å². The number of carbonyl (C=O) groups is 1. The molecular weight excluding hydrogens is 424 g/mol. The SMILES string of the molecule is CC1=C2CC3C(CCC4CC(OC(=O)CN)CCC43C)C2CCC2(C1)OC1CCCNC1C2C. The molecule has 1 spiro atoms. The van der Waals surface area contributed by atoms with Gasteiger partial charge in [-0.2, -0.15) is 0 Å². The first-order valence-corrected chi connectivity index (χ1v) is 14.3. The van der Waals surface area contributed by atoms with Crippen molar-refractivity contribution in [1.82, 2.24) is 5.32 Å². The number of nitrogens with two attached hydrogens (primary N) is 1. The molecule has 190 valence electrons. The minimum atomic E-state index is -0.237. The van der Waals surface area contributed by atoms with E-state index < -0.39 is 0 Å². The normalized spacial score (nSPS) is 50.2. The lowest BCUT2D eigenvalue weighted by molar-refractivity contribution is -0.155. The number of fused-ring (bicyclic) bond motifs is 6. The first-order chi connectivity index (χ1) is 16.3. The summed E-state index contributed by atoms with van der Waals surface area (Å²) in [6.07, 6.45) is 13.9. The van der Waals surface area contributed by atoms with Crippen molar-refractivity contribution in [2.45, 2.75) is 115 Å². The minimum Gasteiger partial charge on any atom is -0.461 e. The lowest BCUT2D eigenvalue weighted by Gasteiger charge is -2.54. The fourth-order valence-corrected chi connectivity index (χ4v) is 9.92. The van der Waals surface area contributed by atoms with Crippen LogP contribution in [0.4, 0.5) is 0 Å². The lowest BCUT2D eigenvalue weighted by Crippen LogP contribution is -2.48. The van der Waals surface area contributed by atoms with E-state index in [0.717, 1.165) is 43.6 Å². The fourth-order valence-electron chi connectivity index (χ4n) is 9.92. The molecular formula is C29H46N2O3. The number of carbonyl (C=O) groups excluding carboxylic acids is 1. The van der Waals surface area contributed by atoms with E-state index in [1.54, 1.807) is 5.57 Å². The van der Waals surface area contributed by atoms with Gasteiger partial charge in [0.2, 0.25) is 0 Å². The highest BCUT2D eigenvalue weighted by atomic mass is 16.5. The maximum Gasteiger partial charge on any atom is 0.319 e. The van der Waals surface area contributed by atoms with Crippen LogP contribution in [-0.4, -0.2) is 42.9 Å². The number of rotatable bonds is 2. The van der Waals surface area contributed by atoms with Crippen LogP contribution in [0.5, 0.6) is 0 Å². The van der Waals surface area contributed by atoms with Gasteiger partial charge in [0.15, 0.2) is 0 Å². The Kier molecular flexibility index (Phi) is 5.93. The van der Waals surface area contributed by atoms with Crippen molar-refractivity contribution in [2.75, 3.05) is 13.1 Å². The summed E-state index contributed by atoms with van der Waals surface area (Å²) >= 11 is 0. The molecule has 2 heterocycles. The molecule has 5 heteroatoms. The smallest absolute Gasteiger partial charge is 0.319 e. The maximum absolute atomic E-state index is 11.8. The van der Waals surface area contributed by atoms with Crippen molar-refractivity contribution in [3.63, 3.8) is 0 Å². The number of ether oxygens (including phenoxy) is 2. The minimum absolute atomic E-state index is 0.000373. The topological polar surface area (TPSA) is 73.6 Å². The second-order valence-electron chi connectivity index (χ2n) is 13.1. The molecule has 0 radical (unpaired) electrons. The van der Waals surface area contributed by atoms with Crippen LogP contribution >= 0.6 is 0 Å². The molecule has 5 fully saturated rings. The summed E-state index contributed by atoms with van der Waals surface area (Å²) in [5, 5.41) is 3.81. The summed E-state index contributed by atoms with van der Waals surface area (Å²) in [7, 11) is 0. The van der Waals surface area contributed by atoms with Crippen LogP contribution in [0.2, 0.25) is 0 Å². The monoisotopic (exact) mass is 470 g/mol. The molecule has 0 aromatic carbocycles. The van der Waals surface area contributed by atoms with Gasteiger partial charge in [-0.25, -0.2) is 0 Å². The number of hydrogen-bond acceptors (Lipinski definition) is 5. The van der Waals surface area contributed by atoms with Crippen molar-refractivity contribution >= 4 is 5.97 Å². The molecule has 6 rings (SSSR count). The van der Waals surface area contributed by atoms with E-state index in [2.05, 4.69) is 26.1 Å². The van der Waals surface area contributed by atoms with Crippen LogP contribution in [0.15, 0.2) is 11.1 Å². The molecule has 0 aromatic rings. The zero-order valence-electron chi connectivity index (χ0n) is 21.6. The first-order valence-electron chi connectivity index (χ1n) is 14.3. The maximum atomic E-state index is 11.8. The molecule has 4 aliphatic carbocycles. The van der Waals surface area contributed by atoms with Crippen molar-refractivity contribution in [2.24, 2.45) is 40.7 Å². The average molecular weight is 471 g/mol. The summed E-state index contributed by atoms with van der Waals surface area (Å²) in [4.78, 5) is 11.8. The summed E-state index contributed by atoms with van der Waals surface area (Å²) < 4.78 is 12.7. The predicted octanol–water partition coefficient (Wildman–Crippen LogP) is 4.74. The van der Waals surface area contributed by atoms with Gasteiger partial charge in [0.25, 0.3) is 0 Å². The van der Waals surface area contributed by atoms with Crippen LogP contribution in [0.1, 0.15) is 91.4 Å². The van der Waals surface area contributed by atoms with Gasteiger partial charge in [-0.15, -0.1) is 0 Å². The van der Waals surface area contributed by atoms with Gasteiger partial charge in [0, 0.05) is 12.0 Å². The molecule has 0 bridgehead atoms. The Balaban J connectivity index is 1.21. The summed E-state index contributed by atoms with van der Waals surface area (Å²) in [5.41, 5.74) is 9.41. The third kappa shape index (κ3) is 3.55. The Labute approximate surface area is 206 Å². The quantitative estimate of drug-likeness (QED) is 0.451. The summed E-state index contributed by atoms with van der Waals surface area (Å²) in [5.74, 6) is 3.44. The van der Waals surface area contributed by atoms with E-state index in [0.29, 0.717) is 29.4 Å². The zero-order chi connectivity index (χ0) is 23.7. The van der Waals surface area contributed by atoms with Crippen LogP contribution in [-0.2, 0) is 14.3 Å². The molecule has 10 atom stereocenters. The van der Waals surface area contributed by atoms with E-state index >= 15 is 0 Å². The Morgan fingerprint density at radius 1 is 1.21 bits per heavy atom. The van der Waals surface area contributed by atoms with E-state index in [1.165, 1.54) is 51.4 Å². The Bertz CT molecular complexity index is 856. The Morgan fingerprint density at radius 2 is 2.06 bits per heavy atom. The summed E-state index contributed by atoms with van der Waals surface area (Å²) in [6.45, 7) is 8.65. The van der Waals surface area contributed by atoms with Crippen molar-refractivity contribution < 1.29 is 14.3 Å². The number of nitrogens with one attached hydrogen (secondary N) is 1. The third-order valence-electron chi connectivity index (χ3n) is 11.8. The molecule has 2 aliphatic heterocycles. The molecule has 0 aromatic heterocycles. The first kappa shape index (κ1) is 23.5. The molecule has 2 saturated heterocycles. The molecule has 3 N–H and O–H groups in total. The lowest BCUT2D eigenvalue weighted by atomic mass is 9.52. The largest absolute Gasteiger partial charge is 0.461 e. The molecule has 6 aliphatic rings. The van der Waals surface area contributed by atoms with E-state index in [4.69, 9.17) is 15.2 Å². The van der Waals surface area contributed by atoms with E-state index in [-0.39, 0.29) is 24.2 Å². The van der Waals surface area contributed by atoms with Crippen LogP contribution in [0.25, 0.3) is 0 Å². The van der Waals surface area contributed by atoms with Crippen molar-refractivity contribution in [3.05, 3.63) is 11.1 Å². The highest BCUT2D eigenvalue weighted by Gasteiger charge is 2.59. The fraction of sp³-hybridized carbons (Fsp3) is 0.897. The van der Waals surface area contributed by atoms with Crippen molar-refractivity contribution in [3.8, 4) is 0 Å². The van der Waals surface area contributed by atoms with Gasteiger partial charge in [0.1, 0.15) is 6.10 Å². The third-order valence-corrected chi connectivity index (χ3v) is 11.8. The average Bonchev–Trinajstić information content (AvgIpc) is 3.30. The summed E-state index contributed by atoms with van der Waals surface area (Å²) in [6, 6.07) is 0.551. The van der Waals surface area contributed by atoms with Gasteiger partial charge in [0.05, 0.1) is 18.2 Å². The second-order valence-corrected chi connectivity index (χ2v) is 13.1. The van der Waals surface area contributed by atoms with Gasteiger partial charge < -0.3 is 20.5 Å². The zero-order valence-corrected chi connectivity index (χ0v) is 21.6. The number of hydrogen-bond donors (Lipinski definition) is 2. The molecule has 34 heavy (non-hydrogen) atoms. The van der Waals surface area contributed by atoms with E-state index in [1.807, 2.05) is 5.57 Å². The standard InChI is InChI=1S/C29H46N2O3/c1-17-15-29(18(2)27-25(34-29)5-4-12-31-27)11-9-21-22-7-6-19-13-20(33-26(32)16-30)8-10-28(19,3)24(22)14-23(17)21/h18-22,24-25,27,31H,4-16,30H2,1-3H3. The number of allylic oxidation sites excluding steroid dienone is 1. The molecule has 0 amide bonds. The van der Waals surface area contributed by atoms with E-state index in [9.17, 15) is 4.79 Å². The predicted molar refractivity (Wildman–Crippen MR) is 133 cm³/mol. The molecule has 3 saturated carbocycles. The van der Waals surface area contributed by atoms with Crippen molar-refractivity contribution in [1.29, 1.82) is 0 Å². The van der Waals surface area contributed by atoms with Gasteiger partial charge in [-0.05, 0) is 113 Å². The Hall–Kier alpha value is -0.910. The second kappa shape index (κ2) is 8.59. The Morgan fingerprint density at radius 3 is 2.85 bits per heavy atom. The highest BCUT2D eigenvalue weighted by molar-refractivity contribution is 5.71. The molecule has 5 nitrogen and oxygen atoms in total. The van der Waals surface area contributed by atoms with Crippen LogP contribution in [0, 0.1) is 35.0 Å². The number of esters is 1. The van der Waals surface area contributed by atoms with Crippen LogP contribution in [0.3, 0.4) is 0 Å². The van der Waals surface area contributed by atoms with Gasteiger partial charge in [-0.1, -0.05) is 25.0 Å². The molecule has 10 unspecified atom stereocenters. The highest BCUT2D eigenvalue weighted by Crippen LogP contribution is 2.65. The van der Waals surface area contributed by atoms with Crippen LogP contribution < -0.4 is 11.1 Å².